The predicted octanol–water partition coefficient (Wildman–Crippen LogP) is 4.01. The summed E-state index contributed by atoms with van der Waals surface area (Å²) < 4.78 is 6.74. The van der Waals surface area contributed by atoms with Crippen molar-refractivity contribution < 1.29 is 9.53 Å². The molecule has 20 heavy (non-hydrogen) atoms. The number of carbonyl (C=O) groups excluding carboxylic acids is 1. The summed E-state index contributed by atoms with van der Waals surface area (Å²) in [6, 6.07) is 15.3. The maximum atomic E-state index is 12.0. The third-order valence-electron chi connectivity index (χ3n) is 2.81. The second-order valence-corrected chi connectivity index (χ2v) is 5.81. The van der Waals surface area contributed by atoms with E-state index in [4.69, 9.17) is 4.74 Å². The van der Waals surface area contributed by atoms with Gasteiger partial charge in [0.2, 0.25) is 0 Å². The van der Waals surface area contributed by atoms with Gasteiger partial charge in [-0.15, -0.1) is 0 Å². The van der Waals surface area contributed by atoms with E-state index in [9.17, 15) is 4.79 Å². The van der Waals surface area contributed by atoms with Crippen molar-refractivity contribution in [2.75, 3.05) is 5.32 Å². The van der Waals surface area contributed by atoms with Crippen LogP contribution in [0.2, 0.25) is 0 Å². The molecule has 3 nitrogen and oxygen atoms in total. The molecule has 0 aliphatic rings. The van der Waals surface area contributed by atoms with E-state index in [0.29, 0.717) is 5.75 Å². The molecule has 1 atom stereocenters. The number of hydrogen-bond acceptors (Lipinski definition) is 2. The molecule has 0 aliphatic carbocycles. The normalized spacial score (nSPS) is 11.8. The zero-order valence-electron chi connectivity index (χ0n) is 11.4. The quantitative estimate of drug-likeness (QED) is 0.813. The predicted molar refractivity (Wildman–Crippen MR) is 89.1 cm³/mol. The van der Waals surface area contributed by atoms with Gasteiger partial charge in [0.05, 0.1) is 0 Å². The highest BCUT2D eigenvalue weighted by Gasteiger charge is 2.14. The lowest BCUT2D eigenvalue weighted by Gasteiger charge is -2.15. The van der Waals surface area contributed by atoms with Crippen molar-refractivity contribution in [3.05, 3.63) is 57.7 Å². The van der Waals surface area contributed by atoms with Crippen LogP contribution in [0.15, 0.2) is 48.5 Å². The standard InChI is InChI=1S/C16H16INO2/c1-11-3-9-15(10-4-11)20-12(2)16(19)18-14-7-5-13(17)6-8-14/h3-10,12H,1-2H3,(H,18,19). The van der Waals surface area contributed by atoms with E-state index in [0.717, 1.165) is 14.8 Å². The fraction of sp³-hybridized carbons (Fsp3) is 0.188. The van der Waals surface area contributed by atoms with Gasteiger partial charge in [0.15, 0.2) is 6.10 Å². The fourth-order valence-corrected chi connectivity index (χ4v) is 2.01. The van der Waals surface area contributed by atoms with E-state index in [1.165, 1.54) is 0 Å². The summed E-state index contributed by atoms with van der Waals surface area (Å²) in [6.07, 6.45) is -0.544. The van der Waals surface area contributed by atoms with Crippen molar-refractivity contribution >= 4 is 34.2 Å². The summed E-state index contributed by atoms with van der Waals surface area (Å²) in [4.78, 5) is 12.0. The van der Waals surface area contributed by atoms with E-state index >= 15 is 0 Å². The SMILES string of the molecule is Cc1ccc(OC(C)C(=O)Nc2ccc(I)cc2)cc1. The van der Waals surface area contributed by atoms with Crippen LogP contribution in [0.25, 0.3) is 0 Å². The van der Waals surface area contributed by atoms with Gasteiger partial charge in [-0.3, -0.25) is 4.79 Å². The van der Waals surface area contributed by atoms with Crippen molar-refractivity contribution in [3.8, 4) is 5.75 Å². The molecule has 0 fully saturated rings. The molecule has 104 valence electrons. The topological polar surface area (TPSA) is 38.3 Å². The van der Waals surface area contributed by atoms with E-state index in [1.807, 2.05) is 55.5 Å². The minimum absolute atomic E-state index is 0.160. The van der Waals surface area contributed by atoms with Crippen LogP contribution in [0.5, 0.6) is 5.75 Å². The summed E-state index contributed by atoms with van der Waals surface area (Å²) >= 11 is 2.22. The lowest BCUT2D eigenvalue weighted by atomic mass is 10.2. The minimum atomic E-state index is -0.544. The van der Waals surface area contributed by atoms with E-state index in [1.54, 1.807) is 6.92 Å². The number of halogens is 1. The Hall–Kier alpha value is -1.56. The van der Waals surface area contributed by atoms with Crippen molar-refractivity contribution in [2.45, 2.75) is 20.0 Å². The first-order valence-corrected chi connectivity index (χ1v) is 7.42. The van der Waals surface area contributed by atoms with Gasteiger partial charge in [-0.1, -0.05) is 17.7 Å². The summed E-state index contributed by atoms with van der Waals surface area (Å²) in [5, 5.41) is 2.83. The number of anilines is 1. The van der Waals surface area contributed by atoms with Crippen LogP contribution >= 0.6 is 22.6 Å². The zero-order chi connectivity index (χ0) is 14.5. The highest BCUT2D eigenvalue weighted by atomic mass is 127. The van der Waals surface area contributed by atoms with E-state index < -0.39 is 6.10 Å². The maximum absolute atomic E-state index is 12.0. The van der Waals surface area contributed by atoms with Gasteiger partial charge in [0.25, 0.3) is 5.91 Å². The van der Waals surface area contributed by atoms with Crippen molar-refractivity contribution in [1.82, 2.24) is 0 Å². The first-order chi connectivity index (χ1) is 9.54. The molecule has 0 spiro atoms. The number of nitrogens with one attached hydrogen (secondary N) is 1. The van der Waals surface area contributed by atoms with E-state index in [2.05, 4.69) is 27.9 Å². The number of rotatable bonds is 4. The van der Waals surface area contributed by atoms with Crippen LogP contribution in [0.1, 0.15) is 12.5 Å². The van der Waals surface area contributed by atoms with Crippen LogP contribution in [-0.2, 0) is 4.79 Å². The molecule has 1 unspecified atom stereocenters. The van der Waals surface area contributed by atoms with Crippen LogP contribution < -0.4 is 10.1 Å². The molecule has 0 heterocycles. The summed E-state index contributed by atoms with van der Waals surface area (Å²) in [5.41, 5.74) is 1.93. The van der Waals surface area contributed by atoms with Crippen LogP contribution in [0.4, 0.5) is 5.69 Å². The Kier molecular flexibility index (Phi) is 5.00. The molecule has 0 aliphatic heterocycles. The molecular formula is C16H16INO2. The molecule has 4 heteroatoms. The summed E-state index contributed by atoms with van der Waals surface area (Å²) in [5.74, 6) is 0.535. The Bertz CT molecular complexity index is 578. The second kappa shape index (κ2) is 6.74. The summed E-state index contributed by atoms with van der Waals surface area (Å²) in [7, 11) is 0. The molecule has 0 saturated heterocycles. The second-order valence-electron chi connectivity index (χ2n) is 4.57. The molecule has 0 aromatic heterocycles. The molecule has 0 saturated carbocycles. The van der Waals surface area contributed by atoms with Gasteiger partial charge in [-0.25, -0.2) is 0 Å². The molecule has 0 bridgehead atoms. The average Bonchev–Trinajstić information content (AvgIpc) is 2.44. The molecule has 2 aromatic carbocycles. The number of benzene rings is 2. The number of carbonyl (C=O) groups is 1. The lowest BCUT2D eigenvalue weighted by molar-refractivity contribution is -0.122. The number of ether oxygens (including phenoxy) is 1. The van der Waals surface area contributed by atoms with Gasteiger partial charge >= 0.3 is 0 Å². The lowest BCUT2D eigenvalue weighted by Crippen LogP contribution is -2.30. The van der Waals surface area contributed by atoms with Crippen molar-refractivity contribution in [2.24, 2.45) is 0 Å². The zero-order valence-corrected chi connectivity index (χ0v) is 13.5. The summed E-state index contributed by atoms with van der Waals surface area (Å²) in [6.45, 7) is 3.75. The Morgan fingerprint density at radius 3 is 2.30 bits per heavy atom. The molecule has 1 amide bonds. The highest BCUT2D eigenvalue weighted by molar-refractivity contribution is 14.1. The van der Waals surface area contributed by atoms with Crippen LogP contribution in [0.3, 0.4) is 0 Å². The maximum Gasteiger partial charge on any atom is 0.265 e. The van der Waals surface area contributed by atoms with Crippen molar-refractivity contribution in [3.63, 3.8) is 0 Å². The third-order valence-corrected chi connectivity index (χ3v) is 3.53. The largest absolute Gasteiger partial charge is 0.481 e. The van der Waals surface area contributed by atoms with Gasteiger partial charge < -0.3 is 10.1 Å². The van der Waals surface area contributed by atoms with Crippen LogP contribution in [0, 0.1) is 10.5 Å². The first kappa shape index (κ1) is 14.8. The smallest absolute Gasteiger partial charge is 0.265 e. The Balaban J connectivity index is 1.94. The molecule has 2 aromatic rings. The number of aryl methyl sites for hydroxylation is 1. The average molecular weight is 381 g/mol. The van der Waals surface area contributed by atoms with Gasteiger partial charge in [0.1, 0.15) is 5.75 Å². The number of amides is 1. The van der Waals surface area contributed by atoms with Gasteiger partial charge in [-0.2, -0.15) is 0 Å². The number of hydrogen-bond donors (Lipinski definition) is 1. The van der Waals surface area contributed by atoms with Crippen LogP contribution in [-0.4, -0.2) is 12.0 Å². The molecule has 0 radical (unpaired) electrons. The Morgan fingerprint density at radius 2 is 1.70 bits per heavy atom. The third kappa shape index (κ3) is 4.23. The Morgan fingerprint density at radius 1 is 1.10 bits per heavy atom. The molecule has 2 rings (SSSR count). The highest BCUT2D eigenvalue weighted by Crippen LogP contribution is 2.15. The van der Waals surface area contributed by atoms with Gasteiger partial charge in [-0.05, 0) is 72.8 Å². The van der Waals surface area contributed by atoms with Gasteiger partial charge in [0, 0.05) is 9.26 Å². The van der Waals surface area contributed by atoms with E-state index in [-0.39, 0.29) is 5.91 Å². The fourth-order valence-electron chi connectivity index (χ4n) is 1.65. The monoisotopic (exact) mass is 381 g/mol. The van der Waals surface area contributed by atoms with Crippen molar-refractivity contribution in [1.29, 1.82) is 0 Å². The molecule has 1 N–H and O–H groups in total. The minimum Gasteiger partial charge on any atom is -0.481 e. The molecular weight excluding hydrogens is 365 g/mol. The first-order valence-electron chi connectivity index (χ1n) is 6.34. The Labute approximate surface area is 132 Å².